The summed E-state index contributed by atoms with van der Waals surface area (Å²) in [4.78, 5) is 5.85. The molecule has 0 unspecified atom stereocenters. The predicted molar refractivity (Wildman–Crippen MR) is 234 cm³/mol. The lowest BCUT2D eigenvalue weighted by Crippen LogP contribution is -2.30. The van der Waals surface area contributed by atoms with Crippen LogP contribution in [0.4, 0.5) is 11.4 Å². The first-order valence-electron chi connectivity index (χ1n) is 23.1. The summed E-state index contributed by atoms with van der Waals surface area (Å²) in [5, 5.41) is 0. The Balaban J connectivity index is 1.24. The van der Waals surface area contributed by atoms with Gasteiger partial charge in [-0.25, -0.2) is 0 Å². The van der Waals surface area contributed by atoms with E-state index in [0.717, 1.165) is 18.5 Å². The molecular formula is C53H68N2. The van der Waals surface area contributed by atoms with Crippen molar-refractivity contribution < 1.29 is 0 Å². The van der Waals surface area contributed by atoms with E-state index in [4.69, 9.17) is 0 Å². The Morgan fingerprint density at radius 2 is 0.691 bits per heavy atom. The topological polar surface area (TPSA) is 6.48 Å². The molecule has 1 aliphatic heterocycles. The molecule has 1 saturated heterocycles. The summed E-state index contributed by atoms with van der Waals surface area (Å²) in [5.74, 6) is 2.76. The van der Waals surface area contributed by atoms with Crippen LogP contribution in [-0.2, 0) is 0 Å². The number of benzene rings is 4. The second kappa shape index (κ2) is 16.9. The van der Waals surface area contributed by atoms with Gasteiger partial charge in [0.2, 0.25) is 0 Å². The summed E-state index contributed by atoms with van der Waals surface area (Å²) in [6.45, 7) is 5.88. The van der Waals surface area contributed by atoms with Crippen molar-refractivity contribution in [2.24, 2.45) is 0 Å². The van der Waals surface area contributed by atoms with Gasteiger partial charge in [0.1, 0.15) is 0 Å². The van der Waals surface area contributed by atoms with E-state index in [-0.39, 0.29) is 12.1 Å². The van der Waals surface area contributed by atoms with E-state index in [2.05, 4.69) is 109 Å². The van der Waals surface area contributed by atoms with E-state index in [0.29, 0.717) is 11.8 Å². The molecule has 5 aliphatic rings. The van der Waals surface area contributed by atoms with Gasteiger partial charge in [-0.2, -0.15) is 0 Å². The number of aryl methyl sites for hydroxylation is 2. The van der Waals surface area contributed by atoms with Crippen molar-refractivity contribution in [2.75, 3.05) is 16.5 Å². The van der Waals surface area contributed by atoms with Crippen LogP contribution in [0.15, 0.2) is 84.9 Å². The van der Waals surface area contributed by atoms with E-state index in [1.54, 1.807) is 33.6 Å². The van der Waals surface area contributed by atoms with Gasteiger partial charge in [0.05, 0.1) is 18.8 Å². The monoisotopic (exact) mass is 733 g/mol. The minimum absolute atomic E-state index is 0.210. The zero-order valence-corrected chi connectivity index (χ0v) is 34.3. The molecule has 0 aromatic heterocycles. The van der Waals surface area contributed by atoms with Crippen LogP contribution in [-0.4, -0.2) is 6.67 Å². The van der Waals surface area contributed by atoms with Crippen molar-refractivity contribution >= 4 is 11.4 Å². The maximum atomic E-state index is 2.93. The highest BCUT2D eigenvalue weighted by atomic mass is 15.4. The molecule has 1 heterocycles. The van der Waals surface area contributed by atoms with E-state index >= 15 is 0 Å². The molecule has 0 bridgehead atoms. The average Bonchev–Trinajstić information content (AvgIpc) is 3.64. The third-order valence-electron chi connectivity index (χ3n) is 15.1. The maximum absolute atomic E-state index is 2.93. The Bertz CT molecular complexity index is 1720. The first kappa shape index (κ1) is 37.1. The van der Waals surface area contributed by atoms with E-state index in [9.17, 15) is 0 Å². The lowest BCUT2D eigenvalue weighted by molar-refractivity contribution is 0.434. The number of anilines is 2. The second-order valence-corrected chi connectivity index (χ2v) is 18.7. The highest BCUT2D eigenvalue weighted by Crippen LogP contribution is 2.55. The van der Waals surface area contributed by atoms with Gasteiger partial charge in [-0.3, -0.25) is 0 Å². The Hall–Kier alpha value is -3.52. The molecule has 0 amide bonds. The van der Waals surface area contributed by atoms with Crippen LogP contribution in [0.5, 0.6) is 0 Å². The summed E-state index contributed by atoms with van der Waals surface area (Å²) >= 11 is 0. The quantitative estimate of drug-likeness (QED) is 0.178. The predicted octanol–water partition coefficient (Wildman–Crippen LogP) is 15.3. The number of hydrogen-bond acceptors (Lipinski definition) is 2. The average molecular weight is 733 g/mol. The summed E-state index contributed by atoms with van der Waals surface area (Å²) < 4.78 is 0. The number of rotatable bonds is 8. The molecule has 4 aromatic carbocycles. The Morgan fingerprint density at radius 3 is 1.04 bits per heavy atom. The lowest BCUT2D eigenvalue weighted by Gasteiger charge is -2.36. The normalized spacial score (nSPS) is 23.7. The molecule has 290 valence electrons. The molecule has 4 saturated carbocycles. The largest absolute Gasteiger partial charge is 0.344 e. The highest BCUT2D eigenvalue weighted by Gasteiger charge is 2.45. The Labute approximate surface area is 334 Å². The summed E-state index contributed by atoms with van der Waals surface area (Å²) in [6, 6.07) is 34.6. The molecule has 4 aliphatic carbocycles. The molecule has 0 radical (unpaired) electrons. The van der Waals surface area contributed by atoms with Crippen LogP contribution in [0.1, 0.15) is 209 Å². The summed E-state index contributed by atoms with van der Waals surface area (Å²) in [5.41, 5.74) is 15.6. The fourth-order valence-electron chi connectivity index (χ4n) is 12.4. The van der Waals surface area contributed by atoms with E-state index in [1.165, 1.54) is 151 Å². The molecule has 5 fully saturated rings. The molecule has 2 atom stereocenters. The van der Waals surface area contributed by atoms with Gasteiger partial charge in [0.15, 0.2) is 0 Å². The van der Waals surface area contributed by atoms with E-state index < -0.39 is 0 Å². The van der Waals surface area contributed by atoms with Gasteiger partial charge in [-0.15, -0.1) is 0 Å². The Morgan fingerprint density at radius 1 is 0.364 bits per heavy atom. The van der Waals surface area contributed by atoms with Gasteiger partial charge in [0.25, 0.3) is 0 Å². The van der Waals surface area contributed by atoms with Crippen LogP contribution in [0.3, 0.4) is 0 Å². The standard InChI is InChI=1S/C53H68N2/c1-38-33-46(40-21-9-3-10-22-40)35-48(42-25-13-5-14-26-42)50(38)54-37-55(53(45-31-19-8-20-32-45)52(54)44-29-17-7-18-30-44)51-39(2)34-47(41-23-11-4-12-24-41)36-49(51)43-27-15-6-16-28-43/h7-8,17-20,29-36,40-43,52-53H,3-6,9-16,21-28,37H2,1-2H3/t52-,53-/m1/s1. The van der Waals surface area contributed by atoms with Crippen LogP contribution < -0.4 is 9.80 Å². The van der Waals surface area contributed by atoms with Crippen molar-refractivity contribution in [1.82, 2.24) is 0 Å². The first-order valence-corrected chi connectivity index (χ1v) is 23.1. The lowest BCUT2D eigenvalue weighted by atomic mass is 9.78. The molecule has 9 rings (SSSR count). The second-order valence-electron chi connectivity index (χ2n) is 18.7. The van der Waals surface area contributed by atoms with Crippen LogP contribution in [0, 0.1) is 13.8 Å². The molecule has 2 nitrogen and oxygen atoms in total. The summed E-state index contributed by atoms with van der Waals surface area (Å²) in [7, 11) is 0. The fourth-order valence-corrected chi connectivity index (χ4v) is 12.4. The van der Waals surface area contributed by atoms with E-state index in [1.807, 2.05) is 0 Å². The molecule has 0 N–H and O–H groups in total. The van der Waals surface area contributed by atoms with Crippen LogP contribution >= 0.6 is 0 Å². The van der Waals surface area contributed by atoms with Crippen molar-refractivity contribution in [2.45, 2.75) is 178 Å². The third kappa shape index (κ3) is 7.66. The fraction of sp³-hybridized carbons (Fsp3) is 0.547. The van der Waals surface area contributed by atoms with Crippen molar-refractivity contribution in [3.05, 3.63) is 129 Å². The molecule has 4 aromatic rings. The highest BCUT2D eigenvalue weighted by molar-refractivity contribution is 5.71. The van der Waals surface area contributed by atoms with Crippen molar-refractivity contribution in [1.29, 1.82) is 0 Å². The zero-order valence-electron chi connectivity index (χ0n) is 34.3. The Kier molecular flexibility index (Phi) is 11.4. The third-order valence-corrected chi connectivity index (χ3v) is 15.1. The van der Waals surface area contributed by atoms with Crippen molar-refractivity contribution in [3.63, 3.8) is 0 Å². The molecular weight excluding hydrogens is 665 g/mol. The zero-order chi connectivity index (χ0) is 37.1. The molecule has 55 heavy (non-hydrogen) atoms. The molecule has 0 spiro atoms. The maximum Gasteiger partial charge on any atom is 0.0917 e. The van der Waals surface area contributed by atoms with Gasteiger partial charge in [-0.1, -0.05) is 162 Å². The SMILES string of the molecule is Cc1cc(C2CCCCC2)cc(C2CCCCC2)c1N1CN(c2c(C)cc(C3CCCCC3)cc2C2CCCCC2)[C@H](c2ccccc2)[C@H]1c1ccccc1. The molecule has 2 heteroatoms. The van der Waals surface area contributed by atoms with Crippen molar-refractivity contribution in [3.8, 4) is 0 Å². The summed E-state index contributed by atoms with van der Waals surface area (Å²) in [6.07, 6.45) is 27.5. The van der Waals surface area contributed by atoms with Gasteiger partial charge >= 0.3 is 0 Å². The number of nitrogens with zero attached hydrogens (tertiary/aromatic N) is 2. The van der Waals surface area contributed by atoms with Gasteiger partial charge in [-0.05, 0) is 133 Å². The minimum atomic E-state index is 0.210. The van der Waals surface area contributed by atoms with Gasteiger partial charge < -0.3 is 9.80 Å². The smallest absolute Gasteiger partial charge is 0.0917 e. The van der Waals surface area contributed by atoms with Gasteiger partial charge in [0, 0.05) is 11.4 Å². The van der Waals surface area contributed by atoms with Crippen LogP contribution in [0.25, 0.3) is 0 Å². The minimum Gasteiger partial charge on any atom is -0.344 e. The first-order chi connectivity index (χ1) is 27.1. The number of hydrogen-bond donors (Lipinski definition) is 0. The van der Waals surface area contributed by atoms with Crippen LogP contribution in [0.2, 0.25) is 0 Å².